The van der Waals surface area contributed by atoms with Crippen LogP contribution in [-0.2, 0) is 4.74 Å². The van der Waals surface area contributed by atoms with E-state index in [-0.39, 0.29) is 17.1 Å². The van der Waals surface area contributed by atoms with Gasteiger partial charge in [0, 0.05) is 18.5 Å². The first kappa shape index (κ1) is 22.4. The lowest BCUT2D eigenvalue weighted by Crippen LogP contribution is -3.14. The number of rotatable bonds is 7. The van der Waals surface area contributed by atoms with Gasteiger partial charge in [-0.15, -0.1) is 0 Å². The predicted molar refractivity (Wildman–Crippen MR) is 126 cm³/mol. The van der Waals surface area contributed by atoms with Crippen molar-refractivity contribution < 1.29 is 28.3 Å². The van der Waals surface area contributed by atoms with Crippen LogP contribution >= 0.6 is 0 Å². The van der Waals surface area contributed by atoms with Crippen molar-refractivity contribution in [1.82, 2.24) is 4.90 Å². The fourth-order valence-corrected chi connectivity index (χ4v) is 5.06. The van der Waals surface area contributed by atoms with Gasteiger partial charge in [-0.3, -0.25) is 9.59 Å². The zero-order valence-electron chi connectivity index (χ0n) is 19.5. The molecule has 3 heterocycles. The highest BCUT2D eigenvalue weighted by molar-refractivity contribution is 5.99. The van der Waals surface area contributed by atoms with Gasteiger partial charge in [0.25, 0.3) is 5.91 Å². The third-order valence-corrected chi connectivity index (χ3v) is 6.73. The Morgan fingerprint density at radius 3 is 2.59 bits per heavy atom. The third kappa shape index (κ3) is 3.82. The molecule has 0 saturated carbocycles. The van der Waals surface area contributed by atoms with Crippen molar-refractivity contribution in [2.24, 2.45) is 0 Å². The highest BCUT2D eigenvalue weighted by Crippen LogP contribution is 2.44. The molecule has 0 spiro atoms. The first-order chi connectivity index (χ1) is 16.6. The molecule has 8 nitrogen and oxygen atoms in total. The highest BCUT2D eigenvalue weighted by Gasteiger charge is 2.44. The van der Waals surface area contributed by atoms with Crippen molar-refractivity contribution in [1.29, 1.82) is 0 Å². The molecule has 1 saturated heterocycles. The summed E-state index contributed by atoms with van der Waals surface area (Å²) in [4.78, 5) is 30.5. The number of morpholine rings is 1. The first-order valence-corrected chi connectivity index (χ1v) is 11.6. The van der Waals surface area contributed by atoms with E-state index in [1.165, 1.54) is 4.90 Å². The molecule has 3 aromatic rings. The Balaban J connectivity index is 1.59. The topological polar surface area (TPSA) is 82.7 Å². The predicted octanol–water partition coefficient (Wildman–Crippen LogP) is 1.66. The summed E-state index contributed by atoms with van der Waals surface area (Å²) >= 11 is 0. The molecule has 1 amide bonds. The smallest absolute Gasteiger partial charge is 0.290 e. The van der Waals surface area contributed by atoms with E-state index in [2.05, 4.69) is 0 Å². The molecule has 34 heavy (non-hydrogen) atoms. The number of para-hydroxylation sites is 2. The van der Waals surface area contributed by atoms with Gasteiger partial charge in [-0.05, 0) is 18.2 Å². The molecule has 0 radical (unpaired) electrons. The second kappa shape index (κ2) is 9.48. The number of carbonyl (C=O) groups excluding carboxylic acids is 1. The molecule has 8 heteroatoms. The van der Waals surface area contributed by atoms with E-state index >= 15 is 0 Å². The molecule has 1 N–H and O–H groups in total. The molecular formula is C26H29N2O6+. The van der Waals surface area contributed by atoms with Gasteiger partial charge in [-0.1, -0.05) is 24.3 Å². The second-order valence-electron chi connectivity index (χ2n) is 8.62. The number of hydrogen-bond donors (Lipinski definition) is 1. The summed E-state index contributed by atoms with van der Waals surface area (Å²) < 4.78 is 22.7. The summed E-state index contributed by atoms with van der Waals surface area (Å²) in [5, 5.41) is 0.459. The second-order valence-corrected chi connectivity index (χ2v) is 8.62. The average molecular weight is 466 g/mol. The summed E-state index contributed by atoms with van der Waals surface area (Å²) in [5.41, 5.74) is 1.28. The number of nitrogens with one attached hydrogen (secondary N) is 1. The van der Waals surface area contributed by atoms with E-state index in [1.54, 1.807) is 49.5 Å². The molecule has 1 fully saturated rings. The summed E-state index contributed by atoms with van der Waals surface area (Å²) in [5.74, 6) is 0.887. The normalized spacial score (nSPS) is 18.4. The van der Waals surface area contributed by atoms with E-state index in [0.29, 0.717) is 40.1 Å². The minimum Gasteiger partial charge on any atom is -0.493 e. The average Bonchev–Trinajstić information content (AvgIpc) is 3.15. The van der Waals surface area contributed by atoms with E-state index in [0.717, 1.165) is 39.3 Å². The maximum absolute atomic E-state index is 13.6. The van der Waals surface area contributed by atoms with Crippen LogP contribution < -0.4 is 19.8 Å². The molecule has 5 rings (SSSR count). The first-order valence-electron chi connectivity index (χ1n) is 11.6. The van der Waals surface area contributed by atoms with Gasteiger partial charge in [0.1, 0.15) is 18.7 Å². The lowest BCUT2D eigenvalue weighted by atomic mass is 9.97. The molecule has 2 aromatic carbocycles. The molecule has 0 unspecified atom stereocenters. The molecule has 0 aliphatic carbocycles. The number of hydrogen-bond acceptors (Lipinski definition) is 6. The Morgan fingerprint density at radius 1 is 1.03 bits per heavy atom. The van der Waals surface area contributed by atoms with Crippen molar-refractivity contribution in [3.8, 4) is 11.5 Å². The maximum Gasteiger partial charge on any atom is 0.290 e. The zero-order valence-corrected chi connectivity index (χ0v) is 19.5. The largest absolute Gasteiger partial charge is 0.493 e. The minimum atomic E-state index is -0.618. The summed E-state index contributed by atoms with van der Waals surface area (Å²) in [7, 11) is 3.13. The minimum absolute atomic E-state index is 0.109. The molecule has 2 aliphatic rings. The van der Waals surface area contributed by atoms with Gasteiger partial charge in [0.15, 0.2) is 16.9 Å². The Hall–Kier alpha value is -3.36. The highest BCUT2D eigenvalue weighted by atomic mass is 16.5. The van der Waals surface area contributed by atoms with Crippen molar-refractivity contribution in [2.75, 3.05) is 53.6 Å². The Labute approximate surface area is 197 Å². The number of carbonyl (C=O) groups is 1. The van der Waals surface area contributed by atoms with E-state index in [1.807, 2.05) is 12.1 Å². The van der Waals surface area contributed by atoms with Gasteiger partial charge in [0.05, 0.1) is 51.0 Å². The zero-order chi connectivity index (χ0) is 23.7. The summed E-state index contributed by atoms with van der Waals surface area (Å²) in [6.45, 7) is 4.87. The van der Waals surface area contributed by atoms with Crippen molar-refractivity contribution >= 4 is 16.9 Å². The lowest BCUT2D eigenvalue weighted by Gasteiger charge is -2.28. The number of fused-ring (bicyclic) bond motifs is 2. The Bertz CT molecular complexity index is 1260. The molecular weight excluding hydrogens is 436 g/mol. The van der Waals surface area contributed by atoms with Crippen molar-refractivity contribution in [3.05, 3.63) is 69.6 Å². The Morgan fingerprint density at radius 2 is 1.82 bits per heavy atom. The van der Waals surface area contributed by atoms with Crippen LogP contribution in [0.1, 0.15) is 34.1 Å². The summed E-state index contributed by atoms with van der Waals surface area (Å²) in [6, 6.07) is 11.9. The summed E-state index contributed by atoms with van der Waals surface area (Å²) in [6.07, 6.45) is 0.797. The maximum atomic E-state index is 13.6. The van der Waals surface area contributed by atoms with Gasteiger partial charge in [0.2, 0.25) is 5.76 Å². The fourth-order valence-electron chi connectivity index (χ4n) is 5.06. The van der Waals surface area contributed by atoms with Crippen LogP contribution in [0.2, 0.25) is 0 Å². The van der Waals surface area contributed by atoms with E-state index < -0.39 is 6.04 Å². The van der Waals surface area contributed by atoms with E-state index in [4.69, 9.17) is 18.6 Å². The van der Waals surface area contributed by atoms with Crippen molar-refractivity contribution in [3.63, 3.8) is 0 Å². The van der Waals surface area contributed by atoms with Crippen molar-refractivity contribution in [2.45, 2.75) is 12.5 Å². The SMILES string of the molecule is COc1cccc([C@H]2c3c(oc4ccccc4c3=O)C(=O)N2CCC[NH+]2CCOCC2)c1OC. The fraction of sp³-hybridized carbons (Fsp3) is 0.385. The van der Waals surface area contributed by atoms with Gasteiger partial charge >= 0.3 is 0 Å². The van der Waals surface area contributed by atoms with Gasteiger partial charge in [-0.2, -0.15) is 0 Å². The Kier molecular flexibility index (Phi) is 6.26. The van der Waals surface area contributed by atoms with Crippen LogP contribution in [0.15, 0.2) is 51.7 Å². The number of quaternary nitrogens is 1. The molecule has 178 valence electrons. The standard InChI is InChI=1S/C26H28N2O6/c1-31-20-10-5-8-18(24(20)32-2)22-21-23(29)17-7-3-4-9-19(17)34-25(21)26(30)28(22)12-6-11-27-13-15-33-16-14-27/h3-5,7-10,22H,6,11-16H2,1-2H3/p+1/t22-/m0/s1. The van der Waals surface area contributed by atoms with Crippen LogP contribution in [-0.4, -0.2) is 64.4 Å². The number of amides is 1. The monoisotopic (exact) mass is 465 g/mol. The number of nitrogens with zero attached hydrogens (tertiary/aromatic N) is 1. The molecule has 1 aromatic heterocycles. The van der Waals surface area contributed by atoms with Crippen LogP contribution in [0.3, 0.4) is 0 Å². The number of ether oxygens (including phenoxy) is 3. The van der Waals surface area contributed by atoms with Crippen LogP contribution in [0.25, 0.3) is 11.0 Å². The quantitative estimate of drug-likeness (QED) is 0.572. The van der Waals surface area contributed by atoms with Gasteiger partial charge < -0.3 is 28.4 Å². The van der Waals surface area contributed by atoms with E-state index in [9.17, 15) is 9.59 Å². The third-order valence-electron chi connectivity index (χ3n) is 6.73. The van der Waals surface area contributed by atoms with Crippen LogP contribution in [0, 0.1) is 0 Å². The van der Waals surface area contributed by atoms with Gasteiger partial charge in [-0.25, -0.2) is 0 Å². The number of benzene rings is 2. The molecule has 1 atom stereocenters. The number of methoxy groups -OCH3 is 2. The van der Waals surface area contributed by atoms with Crippen LogP contribution in [0.5, 0.6) is 11.5 Å². The molecule has 2 aliphatic heterocycles. The lowest BCUT2D eigenvalue weighted by molar-refractivity contribution is -0.908. The van der Waals surface area contributed by atoms with Crippen LogP contribution in [0.4, 0.5) is 0 Å². The molecule has 0 bridgehead atoms.